The molecule has 1 saturated heterocycles. The summed E-state index contributed by atoms with van der Waals surface area (Å²) in [5.74, 6) is 0.0226. The second-order valence-electron chi connectivity index (χ2n) is 5.79. The maximum atomic E-state index is 12.6. The molecule has 3 rings (SSSR count). The van der Waals surface area contributed by atoms with Crippen LogP contribution in [-0.2, 0) is 6.54 Å². The van der Waals surface area contributed by atoms with Crippen molar-refractivity contribution >= 4 is 52.3 Å². The highest BCUT2D eigenvalue weighted by atomic mass is 79.9. The van der Waals surface area contributed by atoms with E-state index in [0.717, 1.165) is 37.2 Å². The molecule has 0 unspecified atom stereocenters. The standard InChI is InChI=1S/C18H20BrN3O.2ClH/c19-15-6-7-16(17(20)12-15)18(23)22-10-8-21(9-11-22)13-14-4-2-1-3-5-14;;/h1-7,12H,8-11,13,20H2;2*1H. The van der Waals surface area contributed by atoms with Gasteiger partial charge in [0.1, 0.15) is 0 Å². The third-order valence-electron chi connectivity index (χ3n) is 4.15. The van der Waals surface area contributed by atoms with E-state index >= 15 is 0 Å². The van der Waals surface area contributed by atoms with Crippen LogP contribution in [-0.4, -0.2) is 41.9 Å². The number of hydrogen-bond acceptors (Lipinski definition) is 3. The molecule has 1 aliphatic heterocycles. The third kappa shape index (κ3) is 5.61. The summed E-state index contributed by atoms with van der Waals surface area (Å²) in [6, 6.07) is 15.9. The number of amides is 1. The first-order valence-electron chi connectivity index (χ1n) is 7.74. The Morgan fingerprint density at radius 1 is 1.00 bits per heavy atom. The topological polar surface area (TPSA) is 49.6 Å². The van der Waals surface area contributed by atoms with Gasteiger partial charge in [-0.25, -0.2) is 0 Å². The van der Waals surface area contributed by atoms with Crippen molar-refractivity contribution in [2.24, 2.45) is 0 Å². The van der Waals surface area contributed by atoms with Gasteiger partial charge in [-0.3, -0.25) is 9.69 Å². The SMILES string of the molecule is Cl.Cl.Nc1cc(Br)ccc1C(=O)N1CCN(Cc2ccccc2)CC1. The summed E-state index contributed by atoms with van der Waals surface area (Å²) in [4.78, 5) is 16.9. The number of benzene rings is 2. The van der Waals surface area contributed by atoms with Crippen LogP contribution in [0.25, 0.3) is 0 Å². The summed E-state index contributed by atoms with van der Waals surface area (Å²) in [6.07, 6.45) is 0. The summed E-state index contributed by atoms with van der Waals surface area (Å²) in [7, 11) is 0. The number of carbonyl (C=O) groups is 1. The van der Waals surface area contributed by atoms with Crippen LogP contribution in [0.5, 0.6) is 0 Å². The first-order valence-corrected chi connectivity index (χ1v) is 8.53. The first-order chi connectivity index (χ1) is 11.1. The molecule has 0 saturated carbocycles. The fraction of sp³-hybridized carbons (Fsp3) is 0.278. The highest BCUT2D eigenvalue weighted by Gasteiger charge is 2.23. The lowest BCUT2D eigenvalue weighted by atomic mass is 10.1. The number of nitrogen functional groups attached to an aromatic ring is 1. The maximum Gasteiger partial charge on any atom is 0.256 e. The number of piperazine rings is 1. The summed E-state index contributed by atoms with van der Waals surface area (Å²) in [6.45, 7) is 4.18. The molecule has 0 bridgehead atoms. The fourth-order valence-electron chi connectivity index (χ4n) is 2.85. The van der Waals surface area contributed by atoms with Gasteiger partial charge >= 0.3 is 0 Å². The molecule has 0 aliphatic carbocycles. The van der Waals surface area contributed by atoms with Gasteiger partial charge in [-0.2, -0.15) is 0 Å². The second-order valence-corrected chi connectivity index (χ2v) is 6.70. The lowest BCUT2D eigenvalue weighted by Gasteiger charge is -2.35. The molecule has 2 N–H and O–H groups in total. The molecule has 1 amide bonds. The Labute approximate surface area is 169 Å². The number of halogens is 3. The maximum absolute atomic E-state index is 12.6. The van der Waals surface area contributed by atoms with Crippen molar-refractivity contribution in [1.82, 2.24) is 9.80 Å². The Balaban J connectivity index is 0.00000156. The Morgan fingerprint density at radius 3 is 2.24 bits per heavy atom. The number of anilines is 1. The summed E-state index contributed by atoms with van der Waals surface area (Å²) in [5, 5.41) is 0. The van der Waals surface area contributed by atoms with Gasteiger partial charge in [0.25, 0.3) is 5.91 Å². The van der Waals surface area contributed by atoms with Crippen LogP contribution in [0.2, 0.25) is 0 Å². The van der Waals surface area contributed by atoms with E-state index in [9.17, 15) is 4.79 Å². The molecule has 7 heteroatoms. The van der Waals surface area contributed by atoms with Gasteiger partial charge in [-0.15, -0.1) is 24.8 Å². The van der Waals surface area contributed by atoms with E-state index in [1.165, 1.54) is 5.56 Å². The predicted molar refractivity (Wildman–Crippen MR) is 111 cm³/mol. The predicted octanol–water partition coefficient (Wildman–Crippen LogP) is 3.83. The van der Waals surface area contributed by atoms with E-state index in [2.05, 4.69) is 45.1 Å². The minimum atomic E-state index is 0. The van der Waals surface area contributed by atoms with Crippen LogP contribution >= 0.6 is 40.7 Å². The van der Waals surface area contributed by atoms with Crippen molar-refractivity contribution in [3.05, 3.63) is 64.1 Å². The molecule has 25 heavy (non-hydrogen) atoms. The van der Waals surface area contributed by atoms with Crippen LogP contribution in [0.1, 0.15) is 15.9 Å². The van der Waals surface area contributed by atoms with E-state index in [4.69, 9.17) is 5.73 Å². The summed E-state index contributed by atoms with van der Waals surface area (Å²) < 4.78 is 0.888. The lowest BCUT2D eigenvalue weighted by Crippen LogP contribution is -2.48. The molecule has 136 valence electrons. The molecular weight excluding hydrogens is 425 g/mol. The largest absolute Gasteiger partial charge is 0.398 e. The molecule has 2 aromatic carbocycles. The van der Waals surface area contributed by atoms with Crippen LogP contribution in [0.15, 0.2) is 53.0 Å². The Morgan fingerprint density at radius 2 is 1.64 bits per heavy atom. The van der Waals surface area contributed by atoms with E-state index in [0.29, 0.717) is 11.3 Å². The normalized spacial score (nSPS) is 14.4. The Bertz CT molecular complexity index is 692. The molecule has 2 aromatic rings. The molecule has 1 aliphatic rings. The van der Waals surface area contributed by atoms with Crippen molar-refractivity contribution in [2.45, 2.75) is 6.54 Å². The van der Waals surface area contributed by atoms with Crippen LogP contribution in [0, 0.1) is 0 Å². The smallest absolute Gasteiger partial charge is 0.256 e. The molecule has 0 aromatic heterocycles. The molecule has 1 fully saturated rings. The van der Waals surface area contributed by atoms with E-state index in [1.54, 1.807) is 12.1 Å². The average molecular weight is 447 g/mol. The lowest BCUT2D eigenvalue weighted by molar-refractivity contribution is 0.0629. The molecule has 4 nitrogen and oxygen atoms in total. The second kappa shape index (κ2) is 10.0. The van der Waals surface area contributed by atoms with Crippen molar-refractivity contribution < 1.29 is 4.79 Å². The van der Waals surface area contributed by atoms with Crippen molar-refractivity contribution in [3.8, 4) is 0 Å². The van der Waals surface area contributed by atoms with Crippen LogP contribution < -0.4 is 5.73 Å². The van der Waals surface area contributed by atoms with Gasteiger partial charge in [0, 0.05) is 42.9 Å². The van der Waals surface area contributed by atoms with Gasteiger partial charge in [0.05, 0.1) is 5.56 Å². The number of nitrogens with two attached hydrogens (primary N) is 1. The van der Waals surface area contributed by atoms with Gasteiger partial charge in [0.15, 0.2) is 0 Å². The number of nitrogens with zero attached hydrogens (tertiary/aromatic N) is 2. The highest BCUT2D eigenvalue weighted by Crippen LogP contribution is 2.21. The van der Waals surface area contributed by atoms with Crippen LogP contribution in [0.3, 0.4) is 0 Å². The zero-order chi connectivity index (χ0) is 16.2. The van der Waals surface area contributed by atoms with E-state index in [-0.39, 0.29) is 30.7 Å². The Kier molecular flexibility index (Phi) is 8.73. The van der Waals surface area contributed by atoms with Crippen molar-refractivity contribution in [3.63, 3.8) is 0 Å². The minimum Gasteiger partial charge on any atom is -0.398 e. The first kappa shape index (κ1) is 21.8. The number of rotatable bonds is 3. The summed E-state index contributed by atoms with van der Waals surface area (Å²) >= 11 is 3.37. The zero-order valence-corrected chi connectivity index (χ0v) is 16.9. The van der Waals surface area contributed by atoms with Gasteiger partial charge in [0.2, 0.25) is 0 Å². The van der Waals surface area contributed by atoms with Crippen molar-refractivity contribution in [2.75, 3.05) is 31.9 Å². The zero-order valence-electron chi connectivity index (χ0n) is 13.7. The van der Waals surface area contributed by atoms with E-state index in [1.807, 2.05) is 17.0 Å². The summed E-state index contributed by atoms with van der Waals surface area (Å²) in [5.41, 5.74) is 8.39. The number of carbonyl (C=O) groups excluding carboxylic acids is 1. The highest BCUT2D eigenvalue weighted by molar-refractivity contribution is 9.10. The molecule has 0 spiro atoms. The van der Waals surface area contributed by atoms with Gasteiger partial charge in [-0.05, 0) is 23.8 Å². The Hall–Kier alpha value is -1.27. The minimum absolute atomic E-state index is 0. The molecular formula is C18H22BrCl2N3O. The average Bonchev–Trinajstić information content (AvgIpc) is 2.56. The quantitative estimate of drug-likeness (QED) is 0.728. The van der Waals surface area contributed by atoms with Gasteiger partial charge < -0.3 is 10.6 Å². The van der Waals surface area contributed by atoms with Crippen molar-refractivity contribution in [1.29, 1.82) is 0 Å². The molecule has 0 atom stereocenters. The van der Waals surface area contributed by atoms with E-state index < -0.39 is 0 Å². The van der Waals surface area contributed by atoms with Gasteiger partial charge in [-0.1, -0.05) is 46.3 Å². The van der Waals surface area contributed by atoms with Crippen LogP contribution in [0.4, 0.5) is 5.69 Å². The molecule has 0 radical (unpaired) electrons. The monoisotopic (exact) mass is 445 g/mol. The third-order valence-corrected chi connectivity index (χ3v) is 4.65. The number of hydrogen-bond donors (Lipinski definition) is 1. The fourth-order valence-corrected chi connectivity index (χ4v) is 3.23. The molecule has 1 heterocycles.